The summed E-state index contributed by atoms with van der Waals surface area (Å²) in [4.78, 5) is 15.0. The highest BCUT2D eigenvalue weighted by Gasteiger charge is 2.06. The normalized spacial score (nSPS) is 16.2. The van der Waals surface area contributed by atoms with E-state index in [2.05, 4.69) is 4.99 Å². The lowest BCUT2D eigenvalue weighted by Crippen LogP contribution is -2.25. The third-order valence-corrected chi connectivity index (χ3v) is 0.937. The molecule has 4 heteroatoms. The lowest BCUT2D eigenvalue weighted by molar-refractivity contribution is 0.164. The van der Waals surface area contributed by atoms with Crippen LogP contribution in [0.4, 0.5) is 4.79 Å². The Kier molecular flexibility index (Phi) is 1.48. The molecular formula is C5H6N2O2. The second-order valence-electron chi connectivity index (χ2n) is 1.57. The van der Waals surface area contributed by atoms with Crippen LogP contribution in [0.3, 0.4) is 0 Å². The van der Waals surface area contributed by atoms with E-state index in [1.165, 1.54) is 6.20 Å². The fourth-order valence-corrected chi connectivity index (χ4v) is 0.510. The standard InChI is InChI=1S/C5H6N2O2/c8-5(9)7-3-1-2-6-4-7/h1-3H,4H2,(H,8,9). The summed E-state index contributed by atoms with van der Waals surface area (Å²) in [6.45, 7) is 0.214. The molecule has 0 radical (unpaired) electrons. The maximum atomic E-state index is 10.2. The van der Waals surface area contributed by atoms with Crippen LogP contribution < -0.4 is 0 Å². The van der Waals surface area contributed by atoms with E-state index in [9.17, 15) is 4.79 Å². The topological polar surface area (TPSA) is 52.9 Å². The van der Waals surface area contributed by atoms with Crippen LogP contribution in [0.5, 0.6) is 0 Å². The van der Waals surface area contributed by atoms with Crippen molar-refractivity contribution in [3.8, 4) is 0 Å². The summed E-state index contributed by atoms with van der Waals surface area (Å²) < 4.78 is 0. The molecule has 1 N–H and O–H groups in total. The van der Waals surface area contributed by atoms with Crippen molar-refractivity contribution in [2.24, 2.45) is 4.99 Å². The Balaban J connectivity index is 2.56. The zero-order valence-corrected chi connectivity index (χ0v) is 4.69. The van der Waals surface area contributed by atoms with Gasteiger partial charge in [-0.15, -0.1) is 0 Å². The van der Waals surface area contributed by atoms with Crippen LogP contribution in [0.15, 0.2) is 17.3 Å². The van der Waals surface area contributed by atoms with Crippen LogP contribution in [0.1, 0.15) is 0 Å². The van der Waals surface area contributed by atoms with Gasteiger partial charge in [-0.05, 0) is 6.08 Å². The summed E-state index contributed by atoms with van der Waals surface area (Å²) in [7, 11) is 0. The minimum Gasteiger partial charge on any atom is -0.465 e. The quantitative estimate of drug-likeness (QED) is 0.514. The lowest BCUT2D eigenvalue weighted by Gasteiger charge is -2.12. The summed E-state index contributed by atoms with van der Waals surface area (Å²) in [6.07, 6.45) is 3.65. The highest BCUT2D eigenvalue weighted by molar-refractivity contribution is 5.75. The van der Waals surface area contributed by atoms with Gasteiger partial charge < -0.3 is 5.11 Å². The van der Waals surface area contributed by atoms with Gasteiger partial charge in [0.15, 0.2) is 0 Å². The van der Waals surface area contributed by atoms with E-state index in [0.29, 0.717) is 0 Å². The first-order chi connectivity index (χ1) is 4.30. The predicted molar refractivity (Wildman–Crippen MR) is 32.4 cm³/mol. The first kappa shape index (κ1) is 5.81. The summed E-state index contributed by atoms with van der Waals surface area (Å²) in [5.74, 6) is 0. The molecule has 1 amide bonds. The monoisotopic (exact) mass is 126 g/mol. The molecule has 1 heterocycles. The summed E-state index contributed by atoms with van der Waals surface area (Å²) in [5.41, 5.74) is 0. The zero-order chi connectivity index (χ0) is 6.69. The summed E-state index contributed by atoms with van der Waals surface area (Å²) in [5, 5.41) is 8.34. The van der Waals surface area contributed by atoms with Crippen molar-refractivity contribution in [2.75, 3.05) is 6.67 Å². The number of aliphatic imine (C=N–C) groups is 1. The number of carboxylic acid groups (broad SMARTS) is 1. The number of amides is 1. The van der Waals surface area contributed by atoms with E-state index in [4.69, 9.17) is 5.11 Å². The summed E-state index contributed by atoms with van der Waals surface area (Å²) >= 11 is 0. The highest BCUT2D eigenvalue weighted by Crippen LogP contribution is 1.94. The van der Waals surface area contributed by atoms with E-state index in [1.807, 2.05) is 0 Å². The van der Waals surface area contributed by atoms with E-state index < -0.39 is 6.09 Å². The van der Waals surface area contributed by atoms with Crippen molar-refractivity contribution in [1.29, 1.82) is 0 Å². The van der Waals surface area contributed by atoms with Gasteiger partial charge in [0.2, 0.25) is 0 Å². The van der Waals surface area contributed by atoms with Crippen molar-refractivity contribution in [2.45, 2.75) is 0 Å². The molecule has 0 aromatic rings. The van der Waals surface area contributed by atoms with Crippen LogP contribution in [0.25, 0.3) is 0 Å². The Morgan fingerprint density at radius 2 is 2.56 bits per heavy atom. The first-order valence-electron chi connectivity index (χ1n) is 2.47. The molecule has 0 bridgehead atoms. The molecule has 0 aromatic heterocycles. The number of nitrogens with zero attached hydrogens (tertiary/aromatic N) is 2. The molecule has 9 heavy (non-hydrogen) atoms. The van der Waals surface area contributed by atoms with E-state index in [-0.39, 0.29) is 6.67 Å². The molecule has 0 atom stereocenters. The molecule has 1 rings (SSSR count). The average molecular weight is 126 g/mol. The molecule has 0 unspecified atom stereocenters. The maximum absolute atomic E-state index is 10.2. The van der Waals surface area contributed by atoms with Crippen molar-refractivity contribution in [1.82, 2.24) is 4.90 Å². The fourth-order valence-electron chi connectivity index (χ4n) is 0.510. The van der Waals surface area contributed by atoms with Crippen molar-refractivity contribution in [3.05, 3.63) is 12.3 Å². The van der Waals surface area contributed by atoms with Gasteiger partial charge in [0, 0.05) is 12.4 Å². The predicted octanol–water partition coefficient (Wildman–Crippen LogP) is 0.522. The van der Waals surface area contributed by atoms with Crippen LogP contribution in [-0.4, -0.2) is 29.0 Å². The molecule has 1 aliphatic rings. The Morgan fingerprint density at radius 3 is 2.89 bits per heavy atom. The van der Waals surface area contributed by atoms with Crippen molar-refractivity contribution in [3.63, 3.8) is 0 Å². The molecule has 0 aromatic carbocycles. The second-order valence-corrected chi connectivity index (χ2v) is 1.57. The highest BCUT2D eigenvalue weighted by atomic mass is 16.4. The van der Waals surface area contributed by atoms with Gasteiger partial charge in [-0.25, -0.2) is 4.79 Å². The Labute approximate surface area is 52.1 Å². The Bertz CT molecular complexity index is 174. The smallest absolute Gasteiger partial charge is 0.412 e. The second kappa shape index (κ2) is 2.30. The zero-order valence-electron chi connectivity index (χ0n) is 4.69. The number of hydrogen-bond donors (Lipinski definition) is 1. The van der Waals surface area contributed by atoms with Gasteiger partial charge in [0.05, 0.1) is 0 Å². The molecule has 0 fully saturated rings. The average Bonchev–Trinajstić information content (AvgIpc) is 1.90. The molecule has 0 saturated carbocycles. The molecule has 48 valence electrons. The van der Waals surface area contributed by atoms with Gasteiger partial charge in [-0.2, -0.15) is 0 Å². The SMILES string of the molecule is O=C(O)N1C=CC=NC1. The van der Waals surface area contributed by atoms with Crippen LogP contribution in [0, 0.1) is 0 Å². The van der Waals surface area contributed by atoms with Crippen LogP contribution in [-0.2, 0) is 0 Å². The number of rotatable bonds is 0. The number of allylic oxidation sites excluding steroid dienone is 1. The third kappa shape index (κ3) is 1.28. The van der Waals surface area contributed by atoms with Gasteiger partial charge >= 0.3 is 6.09 Å². The number of carbonyl (C=O) groups is 1. The summed E-state index contributed by atoms with van der Waals surface area (Å²) in [6, 6.07) is 0. The minimum atomic E-state index is -0.969. The minimum absolute atomic E-state index is 0.214. The van der Waals surface area contributed by atoms with E-state index in [0.717, 1.165) is 4.90 Å². The molecule has 0 spiro atoms. The van der Waals surface area contributed by atoms with Crippen LogP contribution >= 0.6 is 0 Å². The van der Waals surface area contributed by atoms with Crippen LogP contribution in [0.2, 0.25) is 0 Å². The maximum Gasteiger partial charge on any atom is 0.412 e. The van der Waals surface area contributed by atoms with Gasteiger partial charge in [0.1, 0.15) is 6.67 Å². The van der Waals surface area contributed by atoms with E-state index >= 15 is 0 Å². The molecule has 0 aliphatic carbocycles. The Hall–Kier alpha value is -1.32. The molecule has 0 saturated heterocycles. The lowest BCUT2D eigenvalue weighted by atomic mass is 10.5. The van der Waals surface area contributed by atoms with Gasteiger partial charge in [-0.3, -0.25) is 9.89 Å². The molecular weight excluding hydrogens is 120 g/mol. The van der Waals surface area contributed by atoms with E-state index in [1.54, 1.807) is 12.3 Å². The largest absolute Gasteiger partial charge is 0.465 e. The molecule has 4 nitrogen and oxygen atoms in total. The van der Waals surface area contributed by atoms with Gasteiger partial charge in [-0.1, -0.05) is 0 Å². The first-order valence-corrected chi connectivity index (χ1v) is 2.47. The fraction of sp³-hybridized carbons (Fsp3) is 0.200. The van der Waals surface area contributed by atoms with Crippen molar-refractivity contribution >= 4 is 12.3 Å². The molecule has 1 aliphatic heterocycles. The van der Waals surface area contributed by atoms with Crippen molar-refractivity contribution < 1.29 is 9.90 Å². The number of hydrogen-bond acceptors (Lipinski definition) is 2. The Morgan fingerprint density at radius 1 is 1.78 bits per heavy atom. The van der Waals surface area contributed by atoms with Gasteiger partial charge in [0.25, 0.3) is 0 Å². The third-order valence-electron chi connectivity index (χ3n) is 0.937.